The molecule has 0 bridgehead atoms. The summed E-state index contributed by atoms with van der Waals surface area (Å²) in [5, 5.41) is 3.66. The molecule has 118 valence electrons. The lowest BCUT2D eigenvalue weighted by Crippen LogP contribution is -2.31. The number of methoxy groups -OCH3 is 1. The van der Waals surface area contributed by atoms with E-state index in [2.05, 4.69) is 29.9 Å². The van der Waals surface area contributed by atoms with Gasteiger partial charge in [0.2, 0.25) is 5.88 Å². The summed E-state index contributed by atoms with van der Waals surface area (Å²) in [6.45, 7) is 7.07. The van der Waals surface area contributed by atoms with Crippen molar-refractivity contribution in [2.24, 2.45) is 0 Å². The van der Waals surface area contributed by atoms with E-state index in [1.54, 1.807) is 7.11 Å². The molecule has 0 saturated carbocycles. The van der Waals surface area contributed by atoms with Gasteiger partial charge in [0.25, 0.3) is 0 Å². The van der Waals surface area contributed by atoms with E-state index in [0.29, 0.717) is 11.9 Å². The maximum atomic E-state index is 5.11. The Kier molecular flexibility index (Phi) is 9.55. The molecule has 21 heavy (non-hydrogen) atoms. The van der Waals surface area contributed by atoms with E-state index in [1.165, 1.54) is 37.7 Å². The molecule has 1 aromatic heterocycles. The smallest absolute Gasteiger partial charge is 0.212 e. The lowest BCUT2D eigenvalue weighted by atomic mass is 10.0. The van der Waals surface area contributed by atoms with Gasteiger partial charge in [0.15, 0.2) is 0 Å². The van der Waals surface area contributed by atoms with E-state index in [4.69, 9.17) is 4.74 Å². The van der Waals surface area contributed by atoms with Crippen LogP contribution >= 0.6 is 0 Å². The Morgan fingerprint density at radius 2 is 2.19 bits per heavy atom. The summed E-state index contributed by atoms with van der Waals surface area (Å²) < 4.78 is 5.11. The molecule has 1 atom stereocenters. The fraction of sp³-hybridized carbons (Fsp3) is 0.611. The molecule has 0 saturated heterocycles. The molecule has 0 fully saturated rings. The summed E-state index contributed by atoms with van der Waals surface area (Å²) in [5.41, 5.74) is 1.27. The summed E-state index contributed by atoms with van der Waals surface area (Å²) >= 11 is 0. The van der Waals surface area contributed by atoms with Gasteiger partial charge < -0.3 is 10.1 Å². The highest BCUT2D eigenvalue weighted by molar-refractivity contribution is 5.18. The molecule has 1 rings (SSSR count). The van der Waals surface area contributed by atoms with Crippen molar-refractivity contribution in [2.45, 2.75) is 57.9 Å². The van der Waals surface area contributed by atoms with Crippen molar-refractivity contribution in [3.63, 3.8) is 0 Å². The molecule has 0 spiro atoms. The van der Waals surface area contributed by atoms with Crippen molar-refractivity contribution >= 4 is 0 Å². The van der Waals surface area contributed by atoms with E-state index in [1.807, 2.05) is 18.3 Å². The first-order valence-corrected chi connectivity index (χ1v) is 8.13. The third-order valence-electron chi connectivity index (χ3n) is 3.63. The largest absolute Gasteiger partial charge is 0.481 e. The average molecular weight is 290 g/mol. The number of rotatable bonds is 12. The van der Waals surface area contributed by atoms with Gasteiger partial charge in [0.05, 0.1) is 7.11 Å². The molecule has 1 N–H and O–H groups in total. The van der Waals surface area contributed by atoms with E-state index in [-0.39, 0.29) is 0 Å². The van der Waals surface area contributed by atoms with Crippen molar-refractivity contribution < 1.29 is 4.74 Å². The standard InChI is InChI=1S/C18H30N2O/c1-4-6-7-8-9-10-17(19-13-5-2)14-16-11-12-18(21-3)20-15-16/h4,11-12,15,17,19H,1,5-10,13-14H2,2-3H3. The predicted octanol–water partition coefficient (Wildman–Crippen LogP) is 4.14. The van der Waals surface area contributed by atoms with Crippen molar-refractivity contribution in [1.82, 2.24) is 10.3 Å². The number of hydrogen-bond donors (Lipinski definition) is 1. The van der Waals surface area contributed by atoms with Gasteiger partial charge in [0, 0.05) is 18.3 Å². The van der Waals surface area contributed by atoms with Crippen LogP contribution in [0.1, 0.15) is 51.0 Å². The number of aromatic nitrogens is 1. The summed E-state index contributed by atoms with van der Waals surface area (Å²) in [4.78, 5) is 4.29. The molecule has 0 aliphatic heterocycles. The van der Waals surface area contributed by atoms with Crippen LogP contribution in [0, 0.1) is 0 Å². The zero-order chi connectivity index (χ0) is 15.3. The topological polar surface area (TPSA) is 34.1 Å². The second-order valence-electron chi connectivity index (χ2n) is 5.49. The highest BCUT2D eigenvalue weighted by atomic mass is 16.5. The van der Waals surface area contributed by atoms with Crippen LogP contribution in [-0.4, -0.2) is 24.7 Å². The van der Waals surface area contributed by atoms with Gasteiger partial charge in [-0.05, 0) is 44.2 Å². The van der Waals surface area contributed by atoms with Crippen molar-refractivity contribution in [3.05, 3.63) is 36.5 Å². The molecule has 0 aromatic carbocycles. The Morgan fingerprint density at radius 1 is 1.33 bits per heavy atom. The van der Waals surface area contributed by atoms with E-state index in [9.17, 15) is 0 Å². The Morgan fingerprint density at radius 3 is 2.81 bits per heavy atom. The van der Waals surface area contributed by atoms with Crippen LogP contribution in [0.15, 0.2) is 31.0 Å². The van der Waals surface area contributed by atoms with Crippen LogP contribution in [0.3, 0.4) is 0 Å². The maximum absolute atomic E-state index is 5.11. The van der Waals surface area contributed by atoms with E-state index >= 15 is 0 Å². The Hall–Kier alpha value is -1.35. The molecular formula is C18H30N2O. The zero-order valence-electron chi connectivity index (χ0n) is 13.6. The first-order chi connectivity index (χ1) is 10.3. The molecule has 0 radical (unpaired) electrons. The van der Waals surface area contributed by atoms with Gasteiger partial charge in [-0.1, -0.05) is 31.9 Å². The minimum Gasteiger partial charge on any atom is -0.481 e. The van der Waals surface area contributed by atoms with E-state index in [0.717, 1.165) is 19.4 Å². The quantitative estimate of drug-likeness (QED) is 0.464. The number of nitrogens with one attached hydrogen (secondary N) is 1. The van der Waals surface area contributed by atoms with Crippen LogP contribution in [0.5, 0.6) is 5.88 Å². The lowest BCUT2D eigenvalue weighted by molar-refractivity contribution is 0.397. The summed E-state index contributed by atoms with van der Waals surface area (Å²) in [5.74, 6) is 0.682. The maximum Gasteiger partial charge on any atom is 0.212 e. The Labute approximate surface area is 129 Å². The average Bonchev–Trinajstić information content (AvgIpc) is 2.52. The van der Waals surface area contributed by atoms with Gasteiger partial charge in [-0.3, -0.25) is 0 Å². The molecule has 3 nitrogen and oxygen atoms in total. The third-order valence-corrected chi connectivity index (χ3v) is 3.63. The Balaban J connectivity index is 2.41. The first kappa shape index (κ1) is 17.7. The molecule has 3 heteroatoms. The van der Waals surface area contributed by atoms with Crippen molar-refractivity contribution in [1.29, 1.82) is 0 Å². The number of unbranched alkanes of at least 4 members (excludes halogenated alkanes) is 3. The number of ether oxygens (including phenoxy) is 1. The van der Waals surface area contributed by atoms with Crippen LogP contribution in [0.2, 0.25) is 0 Å². The van der Waals surface area contributed by atoms with Crippen LogP contribution in [-0.2, 0) is 6.42 Å². The van der Waals surface area contributed by atoms with Gasteiger partial charge >= 0.3 is 0 Å². The summed E-state index contributed by atoms with van der Waals surface area (Å²) in [6, 6.07) is 4.60. The molecule has 1 heterocycles. The number of hydrogen-bond acceptors (Lipinski definition) is 3. The molecule has 0 aliphatic rings. The molecular weight excluding hydrogens is 260 g/mol. The van der Waals surface area contributed by atoms with Gasteiger partial charge in [0.1, 0.15) is 0 Å². The summed E-state index contributed by atoms with van der Waals surface area (Å²) in [6.07, 6.45) is 12.3. The normalized spacial score (nSPS) is 12.1. The monoisotopic (exact) mass is 290 g/mol. The second kappa shape index (κ2) is 11.3. The molecule has 1 aromatic rings. The van der Waals surface area contributed by atoms with Crippen LogP contribution < -0.4 is 10.1 Å². The minimum atomic E-state index is 0.545. The molecule has 0 amide bonds. The van der Waals surface area contributed by atoms with Crippen LogP contribution in [0.4, 0.5) is 0 Å². The Bertz CT molecular complexity index is 375. The highest BCUT2D eigenvalue weighted by Crippen LogP contribution is 2.13. The lowest BCUT2D eigenvalue weighted by Gasteiger charge is -2.18. The van der Waals surface area contributed by atoms with Gasteiger partial charge in [-0.15, -0.1) is 6.58 Å². The van der Waals surface area contributed by atoms with E-state index < -0.39 is 0 Å². The molecule has 1 unspecified atom stereocenters. The van der Waals surface area contributed by atoms with Crippen LogP contribution in [0.25, 0.3) is 0 Å². The van der Waals surface area contributed by atoms with Crippen molar-refractivity contribution in [3.8, 4) is 5.88 Å². The zero-order valence-corrected chi connectivity index (χ0v) is 13.6. The fourth-order valence-corrected chi connectivity index (χ4v) is 2.42. The highest BCUT2D eigenvalue weighted by Gasteiger charge is 2.09. The molecule has 0 aliphatic carbocycles. The van der Waals surface area contributed by atoms with Gasteiger partial charge in [-0.2, -0.15) is 0 Å². The number of nitrogens with zero attached hydrogens (tertiary/aromatic N) is 1. The van der Waals surface area contributed by atoms with Crippen molar-refractivity contribution in [2.75, 3.05) is 13.7 Å². The number of pyridine rings is 1. The third kappa shape index (κ3) is 7.86. The number of allylic oxidation sites excluding steroid dienone is 1. The van der Waals surface area contributed by atoms with Gasteiger partial charge in [-0.25, -0.2) is 4.98 Å². The SMILES string of the molecule is C=CCCCCCC(Cc1ccc(OC)nc1)NCCC. The summed E-state index contributed by atoms with van der Waals surface area (Å²) in [7, 11) is 1.65. The second-order valence-corrected chi connectivity index (χ2v) is 5.49. The first-order valence-electron chi connectivity index (χ1n) is 8.13. The fourth-order valence-electron chi connectivity index (χ4n) is 2.42. The minimum absolute atomic E-state index is 0.545. The predicted molar refractivity (Wildman–Crippen MR) is 89.9 cm³/mol.